The first-order chi connectivity index (χ1) is 10.0. The lowest BCUT2D eigenvalue weighted by Crippen LogP contribution is -1.93. The van der Waals surface area contributed by atoms with Crippen molar-refractivity contribution in [2.45, 2.75) is 5.88 Å². The van der Waals surface area contributed by atoms with E-state index in [9.17, 15) is 10.1 Å². The summed E-state index contributed by atoms with van der Waals surface area (Å²) in [5.41, 5.74) is 1.01. The topological polar surface area (TPSA) is 76.2 Å². The van der Waals surface area contributed by atoms with Crippen molar-refractivity contribution in [3.05, 3.63) is 62.1 Å². The van der Waals surface area contributed by atoms with E-state index in [4.69, 9.17) is 21.6 Å². The summed E-state index contributed by atoms with van der Waals surface area (Å²) in [5, 5.41) is 19.9. The Labute approximate surface area is 134 Å². The number of benzene rings is 2. The Morgan fingerprint density at radius 2 is 2.10 bits per heavy atom. The third kappa shape index (κ3) is 3.72. The molecule has 2 aromatic rings. The van der Waals surface area contributed by atoms with Gasteiger partial charge in [0.1, 0.15) is 17.6 Å². The third-order valence-corrected chi connectivity index (χ3v) is 3.38. The normalized spacial score (nSPS) is 9.95. The zero-order valence-corrected chi connectivity index (χ0v) is 12.9. The molecule has 0 aliphatic rings. The molecule has 2 rings (SSSR count). The Hall–Kier alpha value is -2.10. The first kappa shape index (κ1) is 15.3. The number of halogens is 2. The summed E-state index contributed by atoms with van der Waals surface area (Å²) in [4.78, 5) is 10.3. The van der Waals surface area contributed by atoms with Crippen molar-refractivity contribution < 1.29 is 9.66 Å². The maximum atomic E-state index is 10.8. The van der Waals surface area contributed by atoms with E-state index in [1.54, 1.807) is 24.3 Å². The molecule has 0 amide bonds. The second-order valence-corrected chi connectivity index (χ2v) is 5.26. The van der Waals surface area contributed by atoms with Crippen LogP contribution in [-0.4, -0.2) is 4.92 Å². The van der Waals surface area contributed by atoms with E-state index in [2.05, 4.69) is 15.9 Å². The Kier molecular flexibility index (Phi) is 4.78. The molecule has 0 spiro atoms. The molecular formula is C14H8BrClN2O3. The van der Waals surface area contributed by atoms with Crippen molar-refractivity contribution in [2.24, 2.45) is 0 Å². The van der Waals surface area contributed by atoms with Crippen LogP contribution in [0, 0.1) is 21.4 Å². The van der Waals surface area contributed by atoms with Crippen LogP contribution in [0.2, 0.25) is 0 Å². The maximum Gasteiger partial charge on any atom is 0.274 e. The van der Waals surface area contributed by atoms with E-state index in [1.165, 1.54) is 12.1 Å². The van der Waals surface area contributed by atoms with Gasteiger partial charge in [0.05, 0.1) is 16.6 Å². The zero-order chi connectivity index (χ0) is 15.4. The summed E-state index contributed by atoms with van der Waals surface area (Å²) in [6, 6.07) is 11.2. The number of nitriles is 1. The Balaban J connectivity index is 2.38. The minimum atomic E-state index is -0.514. The Morgan fingerprint density at radius 3 is 2.71 bits per heavy atom. The second kappa shape index (κ2) is 6.57. The summed E-state index contributed by atoms with van der Waals surface area (Å²) in [6.07, 6.45) is 0. The minimum Gasteiger partial charge on any atom is -0.456 e. The van der Waals surface area contributed by atoms with E-state index in [0.717, 1.165) is 5.56 Å². The molecule has 0 fully saturated rings. The van der Waals surface area contributed by atoms with Gasteiger partial charge in [-0.15, -0.1) is 11.6 Å². The number of nitro groups is 1. The van der Waals surface area contributed by atoms with Gasteiger partial charge in [-0.1, -0.05) is 22.0 Å². The molecule has 0 bridgehead atoms. The molecule has 106 valence electrons. The first-order valence-electron chi connectivity index (χ1n) is 5.75. The molecule has 21 heavy (non-hydrogen) atoms. The maximum absolute atomic E-state index is 10.8. The second-order valence-electron chi connectivity index (χ2n) is 4.08. The minimum absolute atomic E-state index is 0.102. The Morgan fingerprint density at radius 1 is 1.33 bits per heavy atom. The molecule has 0 unspecified atom stereocenters. The highest BCUT2D eigenvalue weighted by Crippen LogP contribution is 2.31. The van der Waals surface area contributed by atoms with Gasteiger partial charge in [-0.2, -0.15) is 5.26 Å². The highest BCUT2D eigenvalue weighted by atomic mass is 79.9. The van der Waals surface area contributed by atoms with Crippen LogP contribution < -0.4 is 4.74 Å². The van der Waals surface area contributed by atoms with Gasteiger partial charge in [0.25, 0.3) is 5.69 Å². The average Bonchev–Trinajstić information content (AvgIpc) is 2.47. The molecule has 0 saturated carbocycles. The predicted molar refractivity (Wildman–Crippen MR) is 81.6 cm³/mol. The SMILES string of the molecule is N#Cc1cc(CCl)ccc1Oc1cc(Br)cc([N+](=O)[O-])c1. The molecule has 2 aromatic carbocycles. The number of nitro benzene ring substituents is 1. The van der Waals surface area contributed by atoms with Crippen LogP contribution in [0.3, 0.4) is 0 Å². The van der Waals surface area contributed by atoms with Gasteiger partial charge < -0.3 is 4.74 Å². The summed E-state index contributed by atoms with van der Waals surface area (Å²) in [7, 11) is 0. The smallest absolute Gasteiger partial charge is 0.274 e. The van der Waals surface area contributed by atoms with E-state index in [0.29, 0.717) is 15.8 Å². The van der Waals surface area contributed by atoms with Crippen molar-refractivity contribution in [3.8, 4) is 17.6 Å². The van der Waals surface area contributed by atoms with E-state index in [1.807, 2.05) is 6.07 Å². The largest absolute Gasteiger partial charge is 0.456 e. The van der Waals surface area contributed by atoms with Crippen LogP contribution in [0.15, 0.2) is 40.9 Å². The van der Waals surface area contributed by atoms with Crippen molar-refractivity contribution in [3.63, 3.8) is 0 Å². The van der Waals surface area contributed by atoms with Crippen molar-refractivity contribution in [1.29, 1.82) is 5.26 Å². The molecule has 0 saturated heterocycles. The fourth-order valence-corrected chi connectivity index (χ4v) is 2.30. The summed E-state index contributed by atoms with van der Waals surface area (Å²) in [5.74, 6) is 0.877. The molecule has 5 nitrogen and oxygen atoms in total. The zero-order valence-electron chi connectivity index (χ0n) is 10.5. The highest BCUT2D eigenvalue weighted by molar-refractivity contribution is 9.10. The van der Waals surface area contributed by atoms with Crippen LogP contribution in [0.4, 0.5) is 5.69 Å². The fraction of sp³-hybridized carbons (Fsp3) is 0.0714. The van der Waals surface area contributed by atoms with E-state index in [-0.39, 0.29) is 17.3 Å². The van der Waals surface area contributed by atoms with Crippen molar-refractivity contribution in [1.82, 2.24) is 0 Å². The van der Waals surface area contributed by atoms with Crippen molar-refractivity contribution in [2.75, 3.05) is 0 Å². The number of hydrogen-bond acceptors (Lipinski definition) is 4. The van der Waals surface area contributed by atoms with Crippen molar-refractivity contribution >= 4 is 33.2 Å². The van der Waals surface area contributed by atoms with Gasteiger partial charge in [-0.25, -0.2) is 0 Å². The number of nitrogens with zero attached hydrogens (tertiary/aromatic N) is 2. The standard InChI is InChI=1S/C14H8BrClN2O3/c15-11-4-12(18(19)20)6-13(5-11)21-14-2-1-9(7-16)3-10(14)8-17/h1-6H,7H2. The number of hydrogen-bond donors (Lipinski definition) is 0. The number of alkyl halides is 1. The molecule has 7 heteroatoms. The quantitative estimate of drug-likeness (QED) is 0.443. The Bertz CT molecular complexity index is 743. The van der Waals surface area contributed by atoms with Gasteiger partial charge in [-0.05, 0) is 23.8 Å². The third-order valence-electron chi connectivity index (χ3n) is 2.61. The van der Waals surface area contributed by atoms with Crippen LogP contribution in [0.25, 0.3) is 0 Å². The molecule has 0 atom stereocenters. The number of rotatable bonds is 4. The lowest BCUT2D eigenvalue weighted by molar-refractivity contribution is -0.385. The van der Waals surface area contributed by atoms with E-state index < -0.39 is 4.92 Å². The lowest BCUT2D eigenvalue weighted by atomic mass is 10.1. The van der Waals surface area contributed by atoms with Gasteiger partial charge in [0, 0.05) is 16.4 Å². The van der Waals surface area contributed by atoms with Crippen LogP contribution in [-0.2, 0) is 5.88 Å². The summed E-state index contributed by atoms with van der Waals surface area (Å²) in [6.45, 7) is 0. The van der Waals surface area contributed by atoms with Crippen LogP contribution in [0.5, 0.6) is 11.5 Å². The monoisotopic (exact) mass is 366 g/mol. The van der Waals surface area contributed by atoms with Crippen LogP contribution in [0.1, 0.15) is 11.1 Å². The summed E-state index contributed by atoms with van der Waals surface area (Å²) < 4.78 is 6.09. The highest BCUT2D eigenvalue weighted by Gasteiger charge is 2.12. The van der Waals surface area contributed by atoms with Gasteiger partial charge in [0.15, 0.2) is 0 Å². The number of non-ortho nitro benzene ring substituents is 1. The number of ether oxygens (including phenoxy) is 1. The average molecular weight is 368 g/mol. The molecule has 0 heterocycles. The first-order valence-corrected chi connectivity index (χ1v) is 7.08. The molecule has 0 N–H and O–H groups in total. The molecule has 0 radical (unpaired) electrons. The van der Waals surface area contributed by atoms with Gasteiger partial charge >= 0.3 is 0 Å². The van der Waals surface area contributed by atoms with E-state index >= 15 is 0 Å². The molecular weight excluding hydrogens is 360 g/mol. The predicted octanol–water partition coefficient (Wildman–Crippen LogP) is 4.76. The fourth-order valence-electron chi connectivity index (χ4n) is 1.68. The van der Waals surface area contributed by atoms with Gasteiger partial charge in [-0.3, -0.25) is 10.1 Å². The lowest BCUT2D eigenvalue weighted by Gasteiger charge is -2.08. The van der Waals surface area contributed by atoms with Gasteiger partial charge in [0.2, 0.25) is 0 Å². The molecule has 0 aromatic heterocycles. The molecule has 0 aliphatic carbocycles. The molecule has 0 aliphatic heterocycles. The van der Waals surface area contributed by atoms with Crippen LogP contribution >= 0.6 is 27.5 Å². The summed E-state index contributed by atoms with van der Waals surface area (Å²) >= 11 is 8.90.